The lowest BCUT2D eigenvalue weighted by molar-refractivity contribution is 0.102. The summed E-state index contributed by atoms with van der Waals surface area (Å²) in [6.45, 7) is 0. The molecule has 0 aliphatic rings. The molecular weight excluding hydrogens is 320 g/mol. The largest absolute Gasteiger partial charge is 0.321 e. The first-order chi connectivity index (χ1) is 11.8. The Morgan fingerprint density at radius 2 is 1.88 bits per heavy atom. The minimum absolute atomic E-state index is 0.231. The molecule has 24 heavy (non-hydrogen) atoms. The van der Waals surface area contributed by atoms with Gasteiger partial charge in [-0.05, 0) is 36.4 Å². The van der Waals surface area contributed by atoms with E-state index in [-0.39, 0.29) is 5.91 Å². The number of carbonyl (C=O) groups excluding carboxylic acids is 1. The Morgan fingerprint density at radius 1 is 1.00 bits per heavy atom. The molecule has 0 unspecified atom stereocenters. The highest BCUT2D eigenvalue weighted by Gasteiger charge is 2.17. The second-order valence-corrected chi connectivity index (χ2v) is 6.11. The van der Waals surface area contributed by atoms with Gasteiger partial charge in [-0.15, -0.1) is 11.3 Å². The number of anilines is 1. The van der Waals surface area contributed by atoms with Gasteiger partial charge in [0.25, 0.3) is 5.91 Å². The summed E-state index contributed by atoms with van der Waals surface area (Å²) in [4.78, 5) is 25.6. The van der Waals surface area contributed by atoms with Crippen LogP contribution in [0.15, 0.2) is 67.1 Å². The molecule has 1 aromatic carbocycles. The molecule has 5 nitrogen and oxygen atoms in total. The van der Waals surface area contributed by atoms with E-state index in [1.54, 1.807) is 42.9 Å². The number of thiazole rings is 1. The molecule has 4 aromatic rings. The first-order valence-corrected chi connectivity index (χ1v) is 8.15. The number of aromatic nitrogens is 3. The first kappa shape index (κ1) is 14.5. The number of hydrogen-bond donors (Lipinski definition) is 1. The van der Waals surface area contributed by atoms with Crippen molar-refractivity contribution < 1.29 is 4.79 Å². The predicted molar refractivity (Wildman–Crippen MR) is 95.0 cm³/mol. The third kappa shape index (κ3) is 2.75. The van der Waals surface area contributed by atoms with Crippen molar-refractivity contribution in [2.75, 3.05) is 5.32 Å². The topological polar surface area (TPSA) is 67.8 Å². The van der Waals surface area contributed by atoms with Gasteiger partial charge in [-0.25, -0.2) is 4.98 Å². The second kappa shape index (κ2) is 6.17. The summed E-state index contributed by atoms with van der Waals surface area (Å²) in [5.74, 6) is -0.231. The Morgan fingerprint density at radius 3 is 2.71 bits per heavy atom. The first-order valence-electron chi connectivity index (χ1n) is 7.33. The second-order valence-electron chi connectivity index (χ2n) is 5.08. The molecule has 1 N–H and O–H groups in total. The molecule has 0 atom stereocenters. The van der Waals surface area contributed by atoms with E-state index in [1.165, 1.54) is 11.3 Å². The molecule has 1 amide bonds. The molecule has 0 saturated carbocycles. The van der Waals surface area contributed by atoms with Gasteiger partial charge in [0, 0.05) is 12.4 Å². The molecule has 4 rings (SSSR count). The number of rotatable bonds is 3. The average Bonchev–Trinajstić information content (AvgIpc) is 3.06. The number of nitrogens with zero attached hydrogens (tertiary/aromatic N) is 3. The number of benzene rings is 1. The number of hydrogen-bond acceptors (Lipinski definition) is 5. The highest BCUT2D eigenvalue weighted by Crippen LogP contribution is 2.30. The lowest BCUT2D eigenvalue weighted by Gasteiger charge is -2.07. The molecule has 6 heteroatoms. The van der Waals surface area contributed by atoms with Crippen LogP contribution in [0.5, 0.6) is 0 Å². The fourth-order valence-corrected chi connectivity index (χ4v) is 3.34. The molecule has 0 spiro atoms. The van der Waals surface area contributed by atoms with Crippen LogP contribution in [0.1, 0.15) is 10.4 Å². The number of nitrogens with one attached hydrogen (secondary N) is 1. The SMILES string of the molecule is O=C(Nc1cccnc1)c1cccnc1-c1nc2ccccc2s1. The predicted octanol–water partition coefficient (Wildman–Crippen LogP) is 4.01. The molecule has 0 aliphatic heterocycles. The third-order valence-electron chi connectivity index (χ3n) is 3.47. The van der Waals surface area contributed by atoms with E-state index in [0.29, 0.717) is 16.9 Å². The van der Waals surface area contributed by atoms with E-state index >= 15 is 0 Å². The van der Waals surface area contributed by atoms with Crippen LogP contribution in [-0.2, 0) is 0 Å². The van der Waals surface area contributed by atoms with E-state index in [0.717, 1.165) is 15.2 Å². The third-order valence-corrected chi connectivity index (χ3v) is 4.51. The van der Waals surface area contributed by atoms with Crippen LogP contribution in [0.4, 0.5) is 5.69 Å². The van der Waals surface area contributed by atoms with Crippen molar-refractivity contribution in [2.24, 2.45) is 0 Å². The molecule has 116 valence electrons. The fourth-order valence-electron chi connectivity index (χ4n) is 2.37. The Bertz CT molecular complexity index is 981. The number of para-hydroxylation sites is 1. The zero-order chi connectivity index (χ0) is 16.4. The smallest absolute Gasteiger partial charge is 0.258 e. The number of pyridine rings is 2. The average molecular weight is 332 g/mol. The summed E-state index contributed by atoms with van der Waals surface area (Å²) in [6, 6.07) is 14.9. The lowest BCUT2D eigenvalue weighted by atomic mass is 10.2. The standard InChI is InChI=1S/C18H12N4OS/c23-17(21-12-5-3-9-19-11-12)13-6-4-10-20-16(13)18-22-14-7-1-2-8-15(14)24-18/h1-11H,(H,21,23). The van der Waals surface area contributed by atoms with Crippen LogP contribution in [0, 0.1) is 0 Å². The molecule has 3 heterocycles. The maximum absolute atomic E-state index is 12.6. The Balaban J connectivity index is 1.73. The molecule has 0 bridgehead atoms. The van der Waals surface area contributed by atoms with Gasteiger partial charge in [0.15, 0.2) is 0 Å². The van der Waals surface area contributed by atoms with Crippen molar-refractivity contribution in [1.29, 1.82) is 0 Å². The van der Waals surface area contributed by atoms with Crippen LogP contribution in [0.2, 0.25) is 0 Å². The minimum Gasteiger partial charge on any atom is -0.321 e. The quantitative estimate of drug-likeness (QED) is 0.615. The summed E-state index contributed by atoms with van der Waals surface area (Å²) >= 11 is 1.52. The van der Waals surface area contributed by atoms with Crippen molar-refractivity contribution in [3.05, 3.63) is 72.7 Å². The van der Waals surface area contributed by atoms with Crippen molar-refractivity contribution in [3.8, 4) is 10.7 Å². The highest BCUT2D eigenvalue weighted by molar-refractivity contribution is 7.21. The monoisotopic (exact) mass is 332 g/mol. The van der Waals surface area contributed by atoms with Crippen LogP contribution >= 0.6 is 11.3 Å². The van der Waals surface area contributed by atoms with Crippen molar-refractivity contribution >= 4 is 33.1 Å². The maximum atomic E-state index is 12.6. The summed E-state index contributed by atoms with van der Waals surface area (Å²) in [7, 11) is 0. The minimum atomic E-state index is -0.231. The van der Waals surface area contributed by atoms with Gasteiger partial charge in [0.2, 0.25) is 0 Å². The Labute approximate surface area is 142 Å². The molecular formula is C18H12N4OS. The van der Waals surface area contributed by atoms with Gasteiger partial charge in [-0.3, -0.25) is 14.8 Å². The summed E-state index contributed by atoms with van der Waals surface area (Å²) in [5, 5.41) is 3.57. The van der Waals surface area contributed by atoms with E-state index < -0.39 is 0 Å². The van der Waals surface area contributed by atoms with Gasteiger partial charge < -0.3 is 5.32 Å². The van der Waals surface area contributed by atoms with Crippen molar-refractivity contribution in [3.63, 3.8) is 0 Å². The molecule has 3 aromatic heterocycles. The zero-order valence-corrected chi connectivity index (χ0v) is 13.3. The normalized spacial score (nSPS) is 10.7. The van der Waals surface area contributed by atoms with Crippen molar-refractivity contribution in [2.45, 2.75) is 0 Å². The summed E-state index contributed by atoms with van der Waals surface area (Å²) in [6.07, 6.45) is 4.93. The van der Waals surface area contributed by atoms with E-state index in [4.69, 9.17) is 0 Å². The summed E-state index contributed by atoms with van der Waals surface area (Å²) in [5.41, 5.74) is 2.61. The zero-order valence-electron chi connectivity index (χ0n) is 12.5. The number of carbonyl (C=O) groups is 1. The van der Waals surface area contributed by atoms with Gasteiger partial charge >= 0.3 is 0 Å². The van der Waals surface area contributed by atoms with Gasteiger partial charge in [-0.2, -0.15) is 0 Å². The van der Waals surface area contributed by atoms with Gasteiger partial charge in [0.1, 0.15) is 10.7 Å². The van der Waals surface area contributed by atoms with Crippen LogP contribution in [0.25, 0.3) is 20.9 Å². The van der Waals surface area contributed by atoms with Crippen molar-refractivity contribution in [1.82, 2.24) is 15.0 Å². The fraction of sp³-hybridized carbons (Fsp3) is 0. The number of fused-ring (bicyclic) bond motifs is 1. The van der Waals surface area contributed by atoms with Gasteiger partial charge in [0.05, 0.1) is 27.7 Å². The van der Waals surface area contributed by atoms with Crippen LogP contribution in [0.3, 0.4) is 0 Å². The number of amides is 1. The van der Waals surface area contributed by atoms with Crippen LogP contribution < -0.4 is 5.32 Å². The molecule has 0 saturated heterocycles. The Hall–Kier alpha value is -3.12. The molecule has 0 radical (unpaired) electrons. The summed E-state index contributed by atoms with van der Waals surface area (Å²) < 4.78 is 1.07. The maximum Gasteiger partial charge on any atom is 0.258 e. The van der Waals surface area contributed by atoms with E-state index in [2.05, 4.69) is 20.3 Å². The lowest BCUT2D eigenvalue weighted by Crippen LogP contribution is -2.13. The van der Waals surface area contributed by atoms with E-state index in [9.17, 15) is 4.79 Å². The molecule has 0 fully saturated rings. The molecule has 0 aliphatic carbocycles. The van der Waals surface area contributed by atoms with Crippen LogP contribution in [-0.4, -0.2) is 20.9 Å². The van der Waals surface area contributed by atoms with E-state index in [1.807, 2.05) is 24.3 Å². The highest BCUT2D eigenvalue weighted by atomic mass is 32.1. The van der Waals surface area contributed by atoms with Gasteiger partial charge in [-0.1, -0.05) is 12.1 Å². The Kier molecular flexibility index (Phi) is 3.72.